The smallest absolute Gasteiger partial charge is 0.138 e. The van der Waals surface area contributed by atoms with Gasteiger partial charge in [-0.05, 0) is 13.1 Å². The van der Waals surface area contributed by atoms with Crippen molar-refractivity contribution in [1.82, 2.24) is 10.3 Å². The number of ether oxygens (including phenoxy) is 1. The van der Waals surface area contributed by atoms with Crippen LogP contribution in [0.3, 0.4) is 0 Å². The Hall–Kier alpha value is -0.810. The minimum atomic E-state index is 0.528. The lowest BCUT2D eigenvalue weighted by atomic mass is 10.1. The molecule has 18 heavy (non-hydrogen) atoms. The Morgan fingerprint density at radius 2 is 2.11 bits per heavy atom. The largest absolute Gasteiger partial charge is 0.495 e. The molecule has 2 aromatic rings. The molecule has 3 nitrogen and oxygen atoms in total. The number of halogens is 2. The molecule has 0 aliphatic carbocycles. The molecule has 1 aromatic heterocycles. The van der Waals surface area contributed by atoms with E-state index in [4.69, 9.17) is 27.9 Å². The maximum Gasteiger partial charge on any atom is 0.138 e. The van der Waals surface area contributed by atoms with Crippen LogP contribution in [0.5, 0.6) is 5.75 Å². The first-order valence-corrected chi connectivity index (χ1v) is 6.91. The van der Waals surface area contributed by atoms with Crippen LogP contribution in [0.4, 0.5) is 0 Å². The minimum absolute atomic E-state index is 0.528. The van der Waals surface area contributed by atoms with Gasteiger partial charge in [0.25, 0.3) is 0 Å². The third kappa shape index (κ3) is 2.78. The molecule has 1 aromatic carbocycles. The number of aromatic nitrogens is 1. The summed E-state index contributed by atoms with van der Waals surface area (Å²) in [6, 6.07) is 3.48. The molecule has 0 atom stereocenters. The van der Waals surface area contributed by atoms with E-state index in [9.17, 15) is 0 Å². The average molecular weight is 303 g/mol. The Balaban J connectivity index is 2.40. The molecule has 0 amide bonds. The molecule has 0 aliphatic heterocycles. The summed E-state index contributed by atoms with van der Waals surface area (Å²) in [5.74, 6) is 0.566. The van der Waals surface area contributed by atoms with E-state index in [1.54, 1.807) is 30.6 Å². The van der Waals surface area contributed by atoms with Gasteiger partial charge in [0.2, 0.25) is 0 Å². The van der Waals surface area contributed by atoms with Crippen LogP contribution in [0.2, 0.25) is 10.0 Å². The summed E-state index contributed by atoms with van der Waals surface area (Å²) >= 11 is 13.9. The molecule has 6 heteroatoms. The third-order valence-electron chi connectivity index (χ3n) is 2.40. The molecule has 1 heterocycles. The molecule has 0 saturated heterocycles. The molecular formula is C12H12Cl2N2OS. The molecule has 0 saturated carbocycles. The van der Waals surface area contributed by atoms with E-state index in [0.29, 0.717) is 15.8 Å². The summed E-state index contributed by atoms with van der Waals surface area (Å²) < 4.78 is 5.12. The molecule has 0 fully saturated rings. The van der Waals surface area contributed by atoms with Gasteiger partial charge < -0.3 is 10.1 Å². The highest BCUT2D eigenvalue weighted by Gasteiger charge is 2.12. The predicted octanol–water partition coefficient (Wildman–Crippen LogP) is 3.84. The van der Waals surface area contributed by atoms with Crippen LogP contribution in [0.15, 0.2) is 17.5 Å². The molecule has 0 radical (unpaired) electrons. The maximum absolute atomic E-state index is 6.21. The van der Waals surface area contributed by atoms with E-state index in [-0.39, 0.29) is 0 Å². The number of nitrogens with one attached hydrogen (secondary N) is 1. The topological polar surface area (TPSA) is 34.2 Å². The molecular weight excluding hydrogens is 291 g/mol. The minimum Gasteiger partial charge on any atom is -0.495 e. The van der Waals surface area contributed by atoms with Crippen molar-refractivity contribution < 1.29 is 4.74 Å². The van der Waals surface area contributed by atoms with E-state index >= 15 is 0 Å². The molecule has 96 valence electrons. The van der Waals surface area contributed by atoms with Crippen LogP contribution >= 0.6 is 34.5 Å². The van der Waals surface area contributed by atoms with Gasteiger partial charge in [0.15, 0.2) is 0 Å². The zero-order valence-corrected chi connectivity index (χ0v) is 12.3. The Morgan fingerprint density at radius 3 is 2.78 bits per heavy atom. The average Bonchev–Trinajstić information content (AvgIpc) is 2.80. The van der Waals surface area contributed by atoms with Crippen molar-refractivity contribution in [1.29, 1.82) is 0 Å². The number of hydrogen-bond donors (Lipinski definition) is 1. The van der Waals surface area contributed by atoms with E-state index in [1.807, 2.05) is 12.4 Å². The fraction of sp³-hybridized carbons (Fsp3) is 0.250. The summed E-state index contributed by atoms with van der Waals surface area (Å²) in [6.07, 6.45) is 0. The van der Waals surface area contributed by atoms with Gasteiger partial charge >= 0.3 is 0 Å². The van der Waals surface area contributed by atoms with E-state index in [1.165, 1.54) is 0 Å². The normalized spacial score (nSPS) is 10.7. The second kappa shape index (κ2) is 5.89. The number of benzene rings is 1. The number of nitrogens with zero attached hydrogens (tertiary/aromatic N) is 1. The van der Waals surface area contributed by atoms with Crippen molar-refractivity contribution >= 4 is 34.5 Å². The molecule has 0 bridgehead atoms. The Bertz CT molecular complexity index is 557. The van der Waals surface area contributed by atoms with Gasteiger partial charge in [-0.25, -0.2) is 4.98 Å². The summed E-state index contributed by atoms with van der Waals surface area (Å²) in [6.45, 7) is 0.742. The predicted molar refractivity (Wildman–Crippen MR) is 76.9 cm³/mol. The van der Waals surface area contributed by atoms with Crippen molar-refractivity contribution in [2.45, 2.75) is 6.54 Å². The summed E-state index contributed by atoms with van der Waals surface area (Å²) in [7, 11) is 3.45. The molecule has 0 unspecified atom stereocenters. The third-order valence-corrected chi connectivity index (χ3v) is 3.85. The Labute approximate surface area is 120 Å². The fourth-order valence-electron chi connectivity index (χ4n) is 1.55. The van der Waals surface area contributed by atoms with Crippen LogP contribution in [0, 0.1) is 0 Å². The van der Waals surface area contributed by atoms with Crippen LogP contribution in [0.1, 0.15) is 5.01 Å². The Morgan fingerprint density at radius 1 is 1.33 bits per heavy atom. The van der Waals surface area contributed by atoms with Gasteiger partial charge in [0.05, 0.1) is 22.8 Å². The molecule has 1 N–H and O–H groups in total. The van der Waals surface area contributed by atoms with Crippen LogP contribution < -0.4 is 10.1 Å². The number of thiazole rings is 1. The van der Waals surface area contributed by atoms with Crippen molar-refractivity contribution in [3.05, 3.63) is 32.6 Å². The van der Waals surface area contributed by atoms with Gasteiger partial charge in [-0.15, -0.1) is 11.3 Å². The van der Waals surface area contributed by atoms with E-state index in [0.717, 1.165) is 22.8 Å². The van der Waals surface area contributed by atoms with Gasteiger partial charge in [0.1, 0.15) is 10.8 Å². The van der Waals surface area contributed by atoms with E-state index in [2.05, 4.69) is 10.3 Å². The van der Waals surface area contributed by atoms with Gasteiger partial charge in [-0.1, -0.05) is 23.2 Å². The van der Waals surface area contributed by atoms with E-state index < -0.39 is 0 Å². The van der Waals surface area contributed by atoms with Crippen LogP contribution in [-0.2, 0) is 6.54 Å². The summed E-state index contributed by atoms with van der Waals surface area (Å²) in [5, 5.41) is 7.15. The zero-order chi connectivity index (χ0) is 13.1. The monoisotopic (exact) mass is 302 g/mol. The highest BCUT2D eigenvalue weighted by atomic mass is 35.5. The highest BCUT2D eigenvalue weighted by molar-refractivity contribution is 7.09. The Kier molecular flexibility index (Phi) is 4.45. The molecule has 0 spiro atoms. The van der Waals surface area contributed by atoms with Gasteiger partial charge in [-0.3, -0.25) is 0 Å². The first-order chi connectivity index (χ1) is 8.65. The first-order valence-electron chi connectivity index (χ1n) is 5.28. The quantitative estimate of drug-likeness (QED) is 0.931. The molecule has 2 rings (SSSR count). The fourth-order valence-corrected chi connectivity index (χ4v) is 2.85. The van der Waals surface area contributed by atoms with Crippen molar-refractivity contribution in [3.8, 4) is 17.0 Å². The summed E-state index contributed by atoms with van der Waals surface area (Å²) in [5.41, 5.74) is 1.65. The second-order valence-electron chi connectivity index (χ2n) is 3.62. The van der Waals surface area contributed by atoms with Crippen LogP contribution in [0.25, 0.3) is 11.3 Å². The van der Waals surface area contributed by atoms with Crippen molar-refractivity contribution in [2.24, 2.45) is 0 Å². The highest BCUT2D eigenvalue weighted by Crippen LogP contribution is 2.36. The van der Waals surface area contributed by atoms with Crippen LogP contribution in [-0.4, -0.2) is 19.1 Å². The second-order valence-corrected chi connectivity index (χ2v) is 5.38. The molecule has 0 aliphatic rings. The number of rotatable bonds is 4. The zero-order valence-electron chi connectivity index (χ0n) is 9.96. The van der Waals surface area contributed by atoms with Crippen molar-refractivity contribution in [2.75, 3.05) is 14.2 Å². The first kappa shape index (κ1) is 13.6. The lowest BCUT2D eigenvalue weighted by Gasteiger charge is -2.07. The SMILES string of the molecule is CNCc1nc(-c2cc(Cl)c(OC)cc2Cl)cs1. The number of hydrogen-bond acceptors (Lipinski definition) is 4. The van der Waals surface area contributed by atoms with Gasteiger partial charge in [0, 0.05) is 23.6 Å². The van der Waals surface area contributed by atoms with Crippen molar-refractivity contribution in [3.63, 3.8) is 0 Å². The van der Waals surface area contributed by atoms with Gasteiger partial charge in [-0.2, -0.15) is 0 Å². The summed E-state index contributed by atoms with van der Waals surface area (Å²) in [4.78, 5) is 4.50. The standard InChI is InChI=1S/C12H12Cl2N2OS/c1-15-5-12-16-10(6-18-12)7-3-9(14)11(17-2)4-8(7)13/h3-4,6,15H,5H2,1-2H3. The number of methoxy groups -OCH3 is 1. The lowest BCUT2D eigenvalue weighted by Crippen LogP contribution is -2.04. The lowest BCUT2D eigenvalue weighted by molar-refractivity contribution is 0.415. The maximum atomic E-state index is 6.21.